The van der Waals surface area contributed by atoms with Crippen LogP contribution in [0.15, 0.2) is 4.99 Å². The molecule has 0 bridgehead atoms. The average molecular weight is 142 g/mol. The van der Waals surface area contributed by atoms with Crippen LogP contribution in [0.3, 0.4) is 0 Å². The van der Waals surface area contributed by atoms with Gasteiger partial charge in [-0.2, -0.15) is 0 Å². The summed E-state index contributed by atoms with van der Waals surface area (Å²) in [6.07, 6.45) is 3.04. The Balaban J connectivity index is 2.49. The van der Waals surface area contributed by atoms with Crippen molar-refractivity contribution in [2.75, 3.05) is 5.75 Å². The SMILES string of the molecule is CC(=O)N=C1[CH]CCS1. The van der Waals surface area contributed by atoms with E-state index in [0.717, 1.165) is 17.2 Å². The lowest BCUT2D eigenvalue weighted by atomic mass is 10.4. The van der Waals surface area contributed by atoms with Crippen LogP contribution in [-0.2, 0) is 4.79 Å². The fourth-order valence-electron chi connectivity index (χ4n) is 0.638. The van der Waals surface area contributed by atoms with Gasteiger partial charge in [-0.05, 0) is 12.2 Å². The zero-order valence-corrected chi connectivity index (χ0v) is 6.07. The first-order valence-corrected chi connectivity index (χ1v) is 3.83. The van der Waals surface area contributed by atoms with E-state index >= 15 is 0 Å². The summed E-state index contributed by atoms with van der Waals surface area (Å²) in [5.41, 5.74) is 0. The molecular formula is C6H8NOS. The zero-order valence-electron chi connectivity index (χ0n) is 5.26. The topological polar surface area (TPSA) is 29.4 Å². The number of aliphatic imine (C=N–C) groups is 1. The zero-order chi connectivity index (χ0) is 6.69. The molecule has 0 unspecified atom stereocenters. The number of amides is 1. The fourth-order valence-corrected chi connectivity index (χ4v) is 1.51. The molecule has 1 rings (SSSR count). The lowest BCUT2D eigenvalue weighted by molar-refractivity contribution is -0.115. The van der Waals surface area contributed by atoms with Gasteiger partial charge in [0.15, 0.2) is 0 Å². The molecule has 0 aromatic carbocycles. The molecule has 1 aliphatic rings. The largest absolute Gasteiger partial charge is 0.273 e. The number of carbonyl (C=O) groups is 1. The number of carbonyl (C=O) groups excluding carboxylic acids is 1. The van der Waals surface area contributed by atoms with Crippen molar-refractivity contribution >= 4 is 22.7 Å². The van der Waals surface area contributed by atoms with E-state index in [2.05, 4.69) is 4.99 Å². The summed E-state index contributed by atoms with van der Waals surface area (Å²) >= 11 is 1.64. The molecule has 0 aromatic rings. The molecule has 3 heteroatoms. The first-order valence-electron chi connectivity index (χ1n) is 2.84. The number of nitrogens with zero attached hydrogens (tertiary/aromatic N) is 1. The molecule has 1 amide bonds. The molecule has 1 saturated heterocycles. The van der Waals surface area contributed by atoms with Crippen LogP contribution in [0.5, 0.6) is 0 Å². The van der Waals surface area contributed by atoms with Crippen LogP contribution in [-0.4, -0.2) is 16.7 Å². The minimum absolute atomic E-state index is 0.101. The van der Waals surface area contributed by atoms with Crippen molar-refractivity contribution in [1.82, 2.24) is 0 Å². The van der Waals surface area contributed by atoms with E-state index in [9.17, 15) is 4.79 Å². The summed E-state index contributed by atoms with van der Waals surface area (Å²) < 4.78 is 0. The Bertz CT molecular complexity index is 145. The number of rotatable bonds is 0. The van der Waals surface area contributed by atoms with Crippen molar-refractivity contribution in [2.45, 2.75) is 13.3 Å². The van der Waals surface area contributed by atoms with Crippen molar-refractivity contribution in [3.05, 3.63) is 6.42 Å². The van der Waals surface area contributed by atoms with E-state index < -0.39 is 0 Å². The molecule has 0 N–H and O–H groups in total. The lowest BCUT2D eigenvalue weighted by Gasteiger charge is -1.86. The van der Waals surface area contributed by atoms with E-state index in [0.29, 0.717) is 0 Å². The Morgan fingerprint density at radius 1 is 1.89 bits per heavy atom. The molecule has 49 valence electrons. The smallest absolute Gasteiger partial charge is 0.243 e. The van der Waals surface area contributed by atoms with Gasteiger partial charge in [-0.1, -0.05) is 0 Å². The van der Waals surface area contributed by atoms with Gasteiger partial charge in [0.1, 0.15) is 0 Å². The first kappa shape index (κ1) is 6.81. The standard InChI is InChI=1S/C6H8NOS/c1-5(8)7-6-3-2-4-9-6/h3H,2,4H2,1H3. The molecule has 2 nitrogen and oxygen atoms in total. The summed E-state index contributed by atoms with van der Waals surface area (Å²) in [5, 5.41) is 0.891. The highest BCUT2D eigenvalue weighted by atomic mass is 32.2. The molecule has 1 fully saturated rings. The van der Waals surface area contributed by atoms with E-state index in [1.165, 1.54) is 6.92 Å². The van der Waals surface area contributed by atoms with Gasteiger partial charge < -0.3 is 0 Å². The van der Waals surface area contributed by atoms with Crippen molar-refractivity contribution in [1.29, 1.82) is 0 Å². The van der Waals surface area contributed by atoms with Crippen LogP contribution in [0, 0.1) is 6.42 Å². The molecule has 9 heavy (non-hydrogen) atoms. The van der Waals surface area contributed by atoms with Gasteiger partial charge in [0, 0.05) is 13.3 Å². The van der Waals surface area contributed by atoms with E-state index in [4.69, 9.17) is 0 Å². The second-order valence-electron chi connectivity index (χ2n) is 1.81. The third kappa shape index (κ3) is 2.18. The van der Waals surface area contributed by atoms with Crippen molar-refractivity contribution in [3.63, 3.8) is 0 Å². The highest BCUT2D eigenvalue weighted by molar-refractivity contribution is 8.14. The Kier molecular flexibility index (Phi) is 2.28. The quantitative estimate of drug-likeness (QED) is 0.509. The third-order valence-electron chi connectivity index (χ3n) is 0.954. The highest BCUT2D eigenvalue weighted by Crippen LogP contribution is 2.19. The molecule has 1 aliphatic heterocycles. The van der Waals surface area contributed by atoms with Crippen molar-refractivity contribution < 1.29 is 4.79 Å². The van der Waals surface area contributed by atoms with Gasteiger partial charge in [-0.25, -0.2) is 4.99 Å². The minimum atomic E-state index is -0.101. The van der Waals surface area contributed by atoms with Crippen LogP contribution in [0.25, 0.3) is 0 Å². The molecule has 0 aliphatic carbocycles. The molecule has 0 atom stereocenters. The first-order chi connectivity index (χ1) is 4.29. The maximum atomic E-state index is 10.4. The van der Waals surface area contributed by atoms with Crippen molar-refractivity contribution in [2.24, 2.45) is 4.99 Å². The molecule has 0 saturated carbocycles. The highest BCUT2D eigenvalue weighted by Gasteiger charge is 2.09. The van der Waals surface area contributed by atoms with Gasteiger partial charge >= 0.3 is 0 Å². The van der Waals surface area contributed by atoms with Crippen LogP contribution >= 0.6 is 11.8 Å². The maximum absolute atomic E-state index is 10.4. The van der Waals surface area contributed by atoms with Crippen LogP contribution < -0.4 is 0 Å². The van der Waals surface area contributed by atoms with Gasteiger partial charge in [0.05, 0.1) is 5.04 Å². The molecule has 1 heterocycles. The van der Waals surface area contributed by atoms with Gasteiger partial charge in [-0.3, -0.25) is 4.79 Å². The second-order valence-corrected chi connectivity index (χ2v) is 2.93. The molecular weight excluding hydrogens is 134 g/mol. The van der Waals surface area contributed by atoms with E-state index in [-0.39, 0.29) is 5.91 Å². The predicted molar refractivity (Wildman–Crippen MR) is 39.5 cm³/mol. The fraction of sp³-hybridized carbons (Fsp3) is 0.500. The number of thioether (sulfide) groups is 1. The predicted octanol–water partition coefficient (Wildman–Crippen LogP) is 1.27. The number of hydrogen-bond acceptors (Lipinski definition) is 2. The molecule has 1 radical (unpaired) electrons. The second kappa shape index (κ2) is 3.01. The van der Waals surface area contributed by atoms with Gasteiger partial charge in [0.25, 0.3) is 0 Å². The Morgan fingerprint density at radius 2 is 2.67 bits per heavy atom. The van der Waals surface area contributed by atoms with Gasteiger partial charge in [-0.15, -0.1) is 11.8 Å². The third-order valence-corrected chi connectivity index (χ3v) is 1.95. The molecule has 0 spiro atoms. The van der Waals surface area contributed by atoms with Crippen molar-refractivity contribution in [3.8, 4) is 0 Å². The Hall–Kier alpha value is -0.310. The Labute approximate surface area is 58.7 Å². The lowest BCUT2D eigenvalue weighted by Crippen LogP contribution is -1.90. The van der Waals surface area contributed by atoms with E-state index in [1.54, 1.807) is 11.8 Å². The summed E-state index contributed by atoms with van der Waals surface area (Å²) in [5.74, 6) is 0.974. The summed E-state index contributed by atoms with van der Waals surface area (Å²) in [6.45, 7) is 1.47. The summed E-state index contributed by atoms with van der Waals surface area (Å²) in [7, 11) is 0. The van der Waals surface area contributed by atoms with E-state index in [1.807, 2.05) is 6.42 Å². The summed E-state index contributed by atoms with van der Waals surface area (Å²) in [6, 6.07) is 0. The minimum Gasteiger partial charge on any atom is -0.273 e. The molecule has 0 aromatic heterocycles. The number of hydrogen-bond donors (Lipinski definition) is 0. The monoisotopic (exact) mass is 142 g/mol. The van der Waals surface area contributed by atoms with Crippen LogP contribution in [0.4, 0.5) is 0 Å². The normalized spacial score (nSPS) is 23.0. The average Bonchev–Trinajstić information content (AvgIpc) is 2.15. The maximum Gasteiger partial charge on any atom is 0.243 e. The van der Waals surface area contributed by atoms with Crippen LogP contribution in [0.1, 0.15) is 13.3 Å². The van der Waals surface area contributed by atoms with Crippen LogP contribution in [0.2, 0.25) is 0 Å². The van der Waals surface area contributed by atoms with Gasteiger partial charge in [0.2, 0.25) is 5.91 Å². The summed E-state index contributed by atoms with van der Waals surface area (Å²) in [4.78, 5) is 14.1. The Morgan fingerprint density at radius 3 is 3.11 bits per heavy atom.